The predicted molar refractivity (Wildman–Crippen MR) is 129 cm³/mol. The number of hydrazine groups is 1. The summed E-state index contributed by atoms with van der Waals surface area (Å²) in [6.45, 7) is 3.89. The van der Waals surface area contributed by atoms with E-state index in [4.69, 9.17) is 6.42 Å². The molecule has 0 bridgehead atoms. The highest BCUT2D eigenvalue weighted by Gasteiger charge is 2.41. The van der Waals surface area contributed by atoms with Crippen LogP contribution in [-0.2, 0) is 15.8 Å². The van der Waals surface area contributed by atoms with E-state index in [9.17, 15) is 32.3 Å². The van der Waals surface area contributed by atoms with E-state index < -0.39 is 41.4 Å². The maximum Gasteiger partial charge on any atom is 0.416 e. The van der Waals surface area contributed by atoms with Gasteiger partial charge in [-0.1, -0.05) is 18.1 Å². The van der Waals surface area contributed by atoms with E-state index in [1.54, 1.807) is 0 Å². The first-order valence-corrected chi connectivity index (χ1v) is 10.9. The predicted octanol–water partition coefficient (Wildman–Crippen LogP) is 3.94. The molecule has 8 nitrogen and oxygen atoms in total. The largest absolute Gasteiger partial charge is 0.416 e. The summed E-state index contributed by atoms with van der Waals surface area (Å²) in [5, 5.41) is 0. The van der Waals surface area contributed by atoms with Crippen LogP contribution in [-0.4, -0.2) is 35.6 Å². The molecule has 0 aliphatic carbocycles. The first-order valence-electron chi connectivity index (χ1n) is 10.9. The molecular formula is C26H23F3N4O4. The number of allylic oxidation sites excluding steroid dienone is 1. The van der Waals surface area contributed by atoms with Crippen LogP contribution in [0.25, 0.3) is 0 Å². The van der Waals surface area contributed by atoms with Crippen LogP contribution in [0.1, 0.15) is 53.9 Å². The standard InChI is InChI=1S/C26H23F3N4O4/c1-6-17-10-11-20(21(12-17)24(36)31-30-16(4)35)23-22(15(3)34)14(2)33(25(37)32(23)5)19-9-7-8-18(13-19)26(27,28)29/h1,7-13,23H,2-5H3,(H,30,35)(H,31,36). The van der Waals surface area contributed by atoms with Gasteiger partial charge < -0.3 is 4.90 Å². The Morgan fingerprint density at radius 1 is 1.05 bits per heavy atom. The number of nitrogens with zero attached hydrogens (tertiary/aromatic N) is 2. The summed E-state index contributed by atoms with van der Waals surface area (Å²) >= 11 is 0. The van der Waals surface area contributed by atoms with Gasteiger partial charge in [-0.2, -0.15) is 13.2 Å². The SMILES string of the molecule is C#Cc1ccc(C2C(C(C)=O)=C(C)N(c3cccc(C(F)(F)F)c3)C(=O)N2C)c(C(=O)NNC(C)=O)c1. The van der Waals surface area contributed by atoms with Crippen LogP contribution in [0.5, 0.6) is 0 Å². The molecule has 4 amide bonds. The number of hydrogen-bond acceptors (Lipinski definition) is 4. The van der Waals surface area contributed by atoms with Crippen molar-refractivity contribution in [3.8, 4) is 12.3 Å². The molecule has 1 heterocycles. The number of nitrogens with one attached hydrogen (secondary N) is 2. The van der Waals surface area contributed by atoms with Crippen LogP contribution in [0.2, 0.25) is 0 Å². The van der Waals surface area contributed by atoms with E-state index in [0.717, 1.165) is 21.9 Å². The number of anilines is 1. The van der Waals surface area contributed by atoms with Gasteiger partial charge in [-0.05, 0) is 49.7 Å². The molecule has 0 fully saturated rings. The monoisotopic (exact) mass is 512 g/mol. The van der Waals surface area contributed by atoms with Crippen LogP contribution >= 0.6 is 0 Å². The molecule has 0 saturated carbocycles. The lowest BCUT2D eigenvalue weighted by Crippen LogP contribution is -2.49. The van der Waals surface area contributed by atoms with E-state index in [0.29, 0.717) is 5.56 Å². The van der Waals surface area contributed by atoms with Gasteiger partial charge in [0.15, 0.2) is 5.78 Å². The number of likely N-dealkylation sites (N-methyl/N-ethyl adjacent to an activating group) is 1. The zero-order valence-electron chi connectivity index (χ0n) is 20.4. The molecular weight excluding hydrogens is 489 g/mol. The van der Waals surface area contributed by atoms with Gasteiger partial charge in [0.05, 0.1) is 17.3 Å². The van der Waals surface area contributed by atoms with Gasteiger partial charge in [-0.3, -0.25) is 30.1 Å². The Kier molecular flexibility index (Phi) is 7.43. The molecule has 3 rings (SSSR count). The average molecular weight is 512 g/mol. The number of urea groups is 1. The molecule has 0 radical (unpaired) electrons. The minimum Gasteiger partial charge on any atom is -0.316 e. The zero-order valence-corrected chi connectivity index (χ0v) is 20.4. The van der Waals surface area contributed by atoms with Crippen LogP contribution < -0.4 is 15.8 Å². The number of ketones is 1. The molecule has 0 saturated heterocycles. The van der Waals surface area contributed by atoms with Crippen molar-refractivity contribution in [1.82, 2.24) is 15.8 Å². The van der Waals surface area contributed by atoms with E-state index >= 15 is 0 Å². The number of hydrogen-bond donors (Lipinski definition) is 2. The maximum atomic E-state index is 13.5. The molecule has 37 heavy (non-hydrogen) atoms. The normalized spacial score (nSPS) is 15.8. The fourth-order valence-electron chi connectivity index (χ4n) is 4.15. The van der Waals surface area contributed by atoms with Crippen LogP contribution in [0, 0.1) is 12.3 Å². The van der Waals surface area contributed by atoms with Crippen molar-refractivity contribution in [2.45, 2.75) is 33.0 Å². The first-order chi connectivity index (χ1) is 17.3. The van der Waals surface area contributed by atoms with Gasteiger partial charge in [0, 0.05) is 36.4 Å². The molecule has 2 aromatic rings. The first kappa shape index (κ1) is 27.0. The lowest BCUT2D eigenvalue weighted by Gasteiger charge is -2.41. The molecule has 1 aliphatic rings. The van der Waals surface area contributed by atoms with Crippen molar-refractivity contribution in [3.05, 3.63) is 76.0 Å². The van der Waals surface area contributed by atoms with Gasteiger partial charge in [0.25, 0.3) is 5.91 Å². The van der Waals surface area contributed by atoms with E-state index in [-0.39, 0.29) is 28.1 Å². The maximum absolute atomic E-state index is 13.5. The summed E-state index contributed by atoms with van der Waals surface area (Å²) in [7, 11) is 1.37. The number of Topliss-reactive ketones (excluding diaryl/α,β-unsaturated/α-hetero) is 1. The van der Waals surface area contributed by atoms with Gasteiger partial charge in [0.2, 0.25) is 5.91 Å². The smallest absolute Gasteiger partial charge is 0.316 e. The number of alkyl halides is 3. The Morgan fingerprint density at radius 3 is 2.30 bits per heavy atom. The number of halogens is 3. The summed E-state index contributed by atoms with van der Waals surface area (Å²) in [4.78, 5) is 52.8. The Hall–Kier alpha value is -4.59. The lowest BCUT2D eigenvalue weighted by molar-refractivity contribution is -0.137. The van der Waals surface area contributed by atoms with Crippen molar-refractivity contribution in [2.75, 3.05) is 11.9 Å². The molecule has 1 atom stereocenters. The van der Waals surface area contributed by atoms with Crippen molar-refractivity contribution in [2.24, 2.45) is 0 Å². The highest BCUT2D eigenvalue weighted by Crippen LogP contribution is 2.41. The van der Waals surface area contributed by atoms with Crippen molar-refractivity contribution in [1.29, 1.82) is 0 Å². The van der Waals surface area contributed by atoms with Crippen LogP contribution in [0.3, 0.4) is 0 Å². The second kappa shape index (κ2) is 10.2. The fourth-order valence-corrected chi connectivity index (χ4v) is 4.15. The van der Waals surface area contributed by atoms with Gasteiger partial charge in [-0.15, -0.1) is 6.42 Å². The summed E-state index contributed by atoms with van der Waals surface area (Å²) < 4.78 is 40.0. The summed E-state index contributed by atoms with van der Waals surface area (Å²) in [6.07, 6.45) is 0.836. The number of benzene rings is 2. The Morgan fingerprint density at radius 2 is 1.73 bits per heavy atom. The van der Waals surface area contributed by atoms with Crippen molar-refractivity contribution >= 4 is 29.3 Å². The molecule has 0 spiro atoms. The third kappa shape index (κ3) is 5.33. The summed E-state index contributed by atoms with van der Waals surface area (Å²) in [5.41, 5.74) is 4.12. The second-order valence-corrected chi connectivity index (χ2v) is 8.32. The Labute approximate surface area is 211 Å². The van der Waals surface area contributed by atoms with Crippen LogP contribution in [0.15, 0.2) is 53.7 Å². The average Bonchev–Trinajstić information content (AvgIpc) is 2.83. The highest BCUT2D eigenvalue weighted by atomic mass is 19.4. The van der Waals surface area contributed by atoms with Crippen molar-refractivity contribution in [3.63, 3.8) is 0 Å². The summed E-state index contributed by atoms with van der Waals surface area (Å²) in [6, 6.07) is 6.79. The third-order valence-electron chi connectivity index (χ3n) is 5.80. The molecule has 11 heteroatoms. The molecule has 192 valence electrons. The van der Waals surface area contributed by atoms with E-state index in [2.05, 4.69) is 16.8 Å². The summed E-state index contributed by atoms with van der Waals surface area (Å²) in [5.74, 6) is 0.651. The van der Waals surface area contributed by atoms with Gasteiger partial charge in [-0.25, -0.2) is 4.79 Å². The number of carbonyl (C=O) groups excluding carboxylic acids is 4. The van der Waals surface area contributed by atoms with Gasteiger partial charge >= 0.3 is 12.2 Å². The lowest BCUT2D eigenvalue weighted by atomic mass is 9.87. The van der Waals surface area contributed by atoms with E-state index in [1.165, 1.54) is 58.2 Å². The number of terminal acetylenes is 1. The fraction of sp³-hybridized carbons (Fsp3) is 0.231. The van der Waals surface area contributed by atoms with E-state index in [1.807, 2.05) is 0 Å². The molecule has 0 aromatic heterocycles. The molecule has 2 aromatic carbocycles. The molecule has 1 aliphatic heterocycles. The topological polar surface area (TPSA) is 98.8 Å². The molecule has 2 N–H and O–H groups in total. The molecule has 1 unspecified atom stereocenters. The number of amides is 4. The van der Waals surface area contributed by atoms with Crippen LogP contribution in [0.4, 0.5) is 23.7 Å². The third-order valence-corrected chi connectivity index (χ3v) is 5.80. The highest BCUT2D eigenvalue weighted by molar-refractivity contribution is 6.06. The minimum atomic E-state index is -4.64. The Bertz CT molecular complexity index is 1370. The zero-order chi connectivity index (χ0) is 27.7. The van der Waals surface area contributed by atoms with Crippen molar-refractivity contribution < 1.29 is 32.3 Å². The Balaban J connectivity index is 2.22. The number of carbonyl (C=O) groups is 4. The van der Waals surface area contributed by atoms with Gasteiger partial charge in [0.1, 0.15) is 0 Å². The minimum absolute atomic E-state index is 0.00656. The number of rotatable bonds is 4. The quantitative estimate of drug-likeness (QED) is 0.479. The second-order valence-electron chi connectivity index (χ2n) is 8.32.